The van der Waals surface area contributed by atoms with E-state index in [2.05, 4.69) is 22.1 Å². The number of rotatable bonds is 3. The highest BCUT2D eigenvalue weighted by Gasteiger charge is 2.42. The number of halogens is 1. The van der Waals surface area contributed by atoms with Crippen molar-refractivity contribution < 1.29 is 9.53 Å². The van der Waals surface area contributed by atoms with E-state index < -0.39 is 0 Å². The number of carbonyl (C=O) groups is 1. The maximum Gasteiger partial charge on any atom is 0.224 e. The maximum atomic E-state index is 12.4. The van der Waals surface area contributed by atoms with Gasteiger partial charge in [-0.3, -0.25) is 9.79 Å². The van der Waals surface area contributed by atoms with Crippen LogP contribution in [0, 0.1) is 11.3 Å². The molecule has 3 rings (SSSR count). The second-order valence-corrected chi connectivity index (χ2v) is 7.79. The van der Waals surface area contributed by atoms with Crippen molar-refractivity contribution in [2.24, 2.45) is 16.3 Å². The van der Waals surface area contributed by atoms with Crippen LogP contribution >= 0.6 is 24.0 Å². The van der Waals surface area contributed by atoms with Gasteiger partial charge in [-0.2, -0.15) is 0 Å². The van der Waals surface area contributed by atoms with Crippen molar-refractivity contribution in [1.82, 2.24) is 15.1 Å². The molecule has 2 atom stereocenters. The van der Waals surface area contributed by atoms with Crippen LogP contribution in [-0.4, -0.2) is 74.7 Å². The van der Waals surface area contributed by atoms with E-state index in [0.29, 0.717) is 24.3 Å². The number of guanidine groups is 1. The Hall–Kier alpha value is -0.570. The van der Waals surface area contributed by atoms with Crippen LogP contribution in [0.4, 0.5) is 0 Å². The van der Waals surface area contributed by atoms with Crippen LogP contribution in [0.5, 0.6) is 0 Å². The summed E-state index contributed by atoms with van der Waals surface area (Å²) in [7, 11) is 1.83. The van der Waals surface area contributed by atoms with Gasteiger partial charge in [0.05, 0.1) is 6.61 Å². The molecule has 144 valence electrons. The van der Waals surface area contributed by atoms with E-state index in [1.54, 1.807) is 0 Å². The third kappa shape index (κ3) is 5.21. The average Bonchev–Trinajstić information content (AvgIpc) is 3.22. The molecule has 0 aliphatic carbocycles. The maximum absolute atomic E-state index is 12.4. The second kappa shape index (κ2) is 9.39. The lowest BCUT2D eigenvalue weighted by atomic mass is 9.87. The van der Waals surface area contributed by atoms with Crippen LogP contribution in [-0.2, 0) is 9.53 Å². The first-order chi connectivity index (χ1) is 11.6. The third-order valence-electron chi connectivity index (χ3n) is 5.77. The number of likely N-dealkylation sites (tertiary alicyclic amines) is 2. The number of nitrogens with zero attached hydrogens (tertiary/aromatic N) is 3. The summed E-state index contributed by atoms with van der Waals surface area (Å²) in [4.78, 5) is 21.1. The Bertz CT molecular complexity index is 480. The van der Waals surface area contributed by atoms with Gasteiger partial charge in [0, 0.05) is 58.2 Å². The van der Waals surface area contributed by atoms with Gasteiger partial charge < -0.3 is 19.9 Å². The number of hydrogen-bond donors (Lipinski definition) is 1. The zero-order valence-electron chi connectivity index (χ0n) is 15.6. The van der Waals surface area contributed by atoms with E-state index in [4.69, 9.17) is 4.74 Å². The second-order valence-electron chi connectivity index (χ2n) is 7.79. The van der Waals surface area contributed by atoms with Crippen LogP contribution in [0.3, 0.4) is 0 Å². The molecule has 0 aromatic heterocycles. The summed E-state index contributed by atoms with van der Waals surface area (Å²) >= 11 is 0. The molecule has 1 amide bonds. The lowest BCUT2D eigenvalue weighted by Crippen LogP contribution is -2.44. The van der Waals surface area contributed by atoms with Crippen molar-refractivity contribution in [2.45, 2.75) is 39.0 Å². The van der Waals surface area contributed by atoms with Crippen molar-refractivity contribution in [3.05, 3.63) is 0 Å². The molecule has 7 heteroatoms. The molecule has 1 N–H and O–H groups in total. The van der Waals surface area contributed by atoms with E-state index in [1.165, 1.54) is 12.8 Å². The number of hydrogen-bond acceptors (Lipinski definition) is 3. The Kier molecular flexibility index (Phi) is 7.79. The molecule has 0 saturated carbocycles. The molecule has 3 aliphatic rings. The van der Waals surface area contributed by atoms with Gasteiger partial charge in [-0.15, -0.1) is 24.0 Å². The molecule has 3 fully saturated rings. The van der Waals surface area contributed by atoms with Gasteiger partial charge in [0.25, 0.3) is 0 Å². The first kappa shape index (κ1) is 20.7. The predicted octanol–water partition coefficient (Wildman–Crippen LogP) is 1.94. The van der Waals surface area contributed by atoms with E-state index in [-0.39, 0.29) is 29.9 Å². The van der Waals surface area contributed by atoms with Gasteiger partial charge in [0.1, 0.15) is 0 Å². The first-order valence-corrected chi connectivity index (χ1v) is 9.43. The molecule has 0 aromatic carbocycles. The van der Waals surface area contributed by atoms with Gasteiger partial charge in [-0.05, 0) is 31.6 Å². The Labute approximate surface area is 168 Å². The Morgan fingerprint density at radius 3 is 2.84 bits per heavy atom. The number of aliphatic imine (C=N–C) groups is 1. The van der Waals surface area contributed by atoms with Crippen molar-refractivity contribution in [2.75, 3.05) is 53.0 Å². The zero-order valence-corrected chi connectivity index (χ0v) is 18.0. The lowest BCUT2D eigenvalue weighted by molar-refractivity contribution is -0.132. The molecular weight excluding hydrogens is 431 g/mol. The fourth-order valence-corrected chi connectivity index (χ4v) is 4.27. The fourth-order valence-electron chi connectivity index (χ4n) is 4.27. The van der Waals surface area contributed by atoms with Crippen LogP contribution in [0.2, 0.25) is 0 Å². The summed E-state index contributed by atoms with van der Waals surface area (Å²) in [6.07, 6.45) is 5.27. The molecule has 3 saturated heterocycles. The molecule has 25 heavy (non-hydrogen) atoms. The van der Waals surface area contributed by atoms with Crippen molar-refractivity contribution in [3.8, 4) is 0 Å². The van der Waals surface area contributed by atoms with Crippen molar-refractivity contribution in [3.63, 3.8) is 0 Å². The first-order valence-electron chi connectivity index (χ1n) is 9.43. The summed E-state index contributed by atoms with van der Waals surface area (Å²) < 4.78 is 5.60. The molecule has 1 spiro atoms. The number of amides is 1. The number of nitrogens with one attached hydrogen (secondary N) is 1. The van der Waals surface area contributed by atoms with Crippen LogP contribution in [0.1, 0.15) is 39.0 Å². The monoisotopic (exact) mass is 464 g/mol. The third-order valence-corrected chi connectivity index (χ3v) is 5.77. The highest BCUT2D eigenvalue weighted by atomic mass is 127. The average molecular weight is 464 g/mol. The molecular formula is C18H33IN4O2. The van der Waals surface area contributed by atoms with Crippen LogP contribution in [0.25, 0.3) is 0 Å². The smallest absolute Gasteiger partial charge is 0.224 e. The summed E-state index contributed by atoms with van der Waals surface area (Å²) in [5.41, 5.74) is 0.331. The lowest BCUT2D eigenvalue weighted by Gasteiger charge is -2.31. The summed E-state index contributed by atoms with van der Waals surface area (Å²) in [6.45, 7) is 8.56. The van der Waals surface area contributed by atoms with E-state index in [1.807, 2.05) is 11.9 Å². The number of carbonyl (C=O) groups excluding carboxylic acids is 1. The molecule has 2 unspecified atom stereocenters. The van der Waals surface area contributed by atoms with Crippen LogP contribution in [0.15, 0.2) is 4.99 Å². The largest absolute Gasteiger partial charge is 0.381 e. The topological polar surface area (TPSA) is 57.2 Å². The van der Waals surface area contributed by atoms with Gasteiger partial charge in [0.2, 0.25) is 5.91 Å². The predicted molar refractivity (Wildman–Crippen MR) is 110 cm³/mol. The number of ether oxygens (including phenoxy) is 1. The molecule has 3 heterocycles. The van der Waals surface area contributed by atoms with E-state index >= 15 is 0 Å². The molecule has 0 radical (unpaired) electrons. The summed E-state index contributed by atoms with van der Waals surface area (Å²) in [5.74, 6) is 1.84. The Morgan fingerprint density at radius 1 is 1.32 bits per heavy atom. The summed E-state index contributed by atoms with van der Waals surface area (Å²) in [5, 5.41) is 3.39. The number of piperidine rings is 1. The molecule has 6 nitrogen and oxygen atoms in total. The Balaban J connectivity index is 0.00000225. The zero-order chi connectivity index (χ0) is 17.0. The minimum absolute atomic E-state index is 0. The normalized spacial score (nSPS) is 29.8. The van der Waals surface area contributed by atoms with Crippen molar-refractivity contribution >= 4 is 35.8 Å². The van der Waals surface area contributed by atoms with Gasteiger partial charge in [0.15, 0.2) is 5.96 Å². The van der Waals surface area contributed by atoms with Crippen LogP contribution < -0.4 is 5.32 Å². The van der Waals surface area contributed by atoms with Crippen molar-refractivity contribution in [1.29, 1.82) is 0 Å². The fraction of sp³-hybridized carbons (Fsp3) is 0.889. The van der Waals surface area contributed by atoms with Gasteiger partial charge in [-0.1, -0.05) is 6.92 Å². The minimum Gasteiger partial charge on any atom is -0.381 e. The highest BCUT2D eigenvalue weighted by molar-refractivity contribution is 14.0. The highest BCUT2D eigenvalue weighted by Crippen LogP contribution is 2.38. The van der Waals surface area contributed by atoms with Gasteiger partial charge >= 0.3 is 0 Å². The molecule has 0 aromatic rings. The summed E-state index contributed by atoms with van der Waals surface area (Å²) in [6, 6.07) is 0. The van der Waals surface area contributed by atoms with Gasteiger partial charge in [-0.25, -0.2) is 0 Å². The Morgan fingerprint density at radius 2 is 2.16 bits per heavy atom. The molecule has 0 bridgehead atoms. The molecule has 3 aliphatic heterocycles. The van der Waals surface area contributed by atoms with E-state index in [9.17, 15) is 4.79 Å². The quantitative estimate of drug-likeness (QED) is 0.394. The SMILES string of the molecule is CN=C(NCCC(=O)N1CCCC(C)C1)N1CCC2(CCOC2)C1.I. The standard InChI is InChI=1S/C18H32N4O2.HI/c1-15-4-3-9-21(12-15)16(23)5-8-20-17(19-2)22-10-6-18(13-22)7-11-24-14-18;/h15H,3-14H2,1-2H3,(H,19,20);1H. The van der Waals surface area contributed by atoms with E-state index in [0.717, 1.165) is 58.2 Å². The minimum atomic E-state index is 0.